The van der Waals surface area contributed by atoms with E-state index < -0.39 is 27.1 Å². The van der Waals surface area contributed by atoms with Gasteiger partial charge in [-0.1, -0.05) is 24.6 Å². The minimum absolute atomic E-state index is 0.219. The SMILES string of the molecule is Cc1ccc([S@@](=O)[C@]23N=NC[C@@]2(C)COC3=O)cc1. The van der Waals surface area contributed by atoms with E-state index >= 15 is 0 Å². The van der Waals surface area contributed by atoms with Crippen LogP contribution in [-0.4, -0.2) is 28.2 Å². The second kappa shape index (κ2) is 3.96. The molecule has 0 spiro atoms. The van der Waals surface area contributed by atoms with E-state index in [0.29, 0.717) is 11.4 Å². The van der Waals surface area contributed by atoms with Gasteiger partial charge >= 0.3 is 5.97 Å². The molecule has 2 heterocycles. The highest BCUT2D eigenvalue weighted by Gasteiger charge is 2.68. The van der Waals surface area contributed by atoms with Crippen LogP contribution >= 0.6 is 0 Å². The molecule has 2 aliphatic rings. The largest absolute Gasteiger partial charge is 0.462 e. The van der Waals surface area contributed by atoms with Gasteiger partial charge in [-0.15, -0.1) is 0 Å². The molecule has 1 saturated heterocycles. The monoisotopic (exact) mass is 278 g/mol. The Bertz CT molecular complexity index is 598. The summed E-state index contributed by atoms with van der Waals surface area (Å²) >= 11 is 0. The van der Waals surface area contributed by atoms with Gasteiger partial charge in [0.05, 0.1) is 22.8 Å². The van der Waals surface area contributed by atoms with Crippen LogP contribution in [0.5, 0.6) is 0 Å². The smallest absolute Gasteiger partial charge is 0.350 e. The van der Waals surface area contributed by atoms with Crippen molar-refractivity contribution in [3.63, 3.8) is 0 Å². The number of ether oxygens (including phenoxy) is 1. The van der Waals surface area contributed by atoms with Crippen LogP contribution in [-0.2, 0) is 20.3 Å². The van der Waals surface area contributed by atoms with E-state index in [2.05, 4.69) is 10.2 Å². The number of azo groups is 1. The van der Waals surface area contributed by atoms with Crippen LogP contribution in [0.25, 0.3) is 0 Å². The molecule has 0 saturated carbocycles. The second-order valence-electron chi connectivity index (χ2n) is 5.26. The fourth-order valence-corrected chi connectivity index (χ4v) is 4.08. The van der Waals surface area contributed by atoms with Gasteiger partial charge in [0, 0.05) is 4.90 Å². The molecule has 0 N–H and O–H groups in total. The van der Waals surface area contributed by atoms with Crippen molar-refractivity contribution >= 4 is 16.8 Å². The van der Waals surface area contributed by atoms with Crippen LogP contribution in [0.3, 0.4) is 0 Å². The summed E-state index contributed by atoms with van der Waals surface area (Å²) < 4.78 is 17.9. The molecule has 0 bridgehead atoms. The lowest BCUT2D eigenvalue weighted by Crippen LogP contribution is -2.48. The Morgan fingerprint density at radius 3 is 2.68 bits per heavy atom. The average Bonchev–Trinajstić information content (AvgIpc) is 2.85. The number of benzene rings is 1. The van der Waals surface area contributed by atoms with Crippen LogP contribution in [0.15, 0.2) is 39.4 Å². The number of esters is 1. The normalized spacial score (nSPS) is 34.1. The van der Waals surface area contributed by atoms with E-state index in [1.165, 1.54) is 0 Å². The lowest BCUT2D eigenvalue weighted by atomic mass is 9.86. The predicted octanol–water partition coefficient (Wildman–Crippen LogP) is 1.83. The molecule has 0 radical (unpaired) electrons. The third-order valence-corrected chi connectivity index (χ3v) is 5.73. The van der Waals surface area contributed by atoms with Gasteiger partial charge in [0.25, 0.3) is 4.87 Å². The number of carbonyl (C=O) groups is 1. The molecular formula is C13H14N2O3S. The van der Waals surface area contributed by atoms with Gasteiger partial charge < -0.3 is 4.74 Å². The molecular weight excluding hydrogens is 264 g/mol. The summed E-state index contributed by atoms with van der Waals surface area (Å²) in [5, 5.41) is 7.99. The molecule has 5 nitrogen and oxygen atoms in total. The molecule has 6 heteroatoms. The third kappa shape index (κ3) is 1.52. The van der Waals surface area contributed by atoms with Crippen LogP contribution in [0.1, 0.15) is 12.5 Å². The summed E-state index contributed by atoms with van der Waals surface area (Å²) in [6, 6.07) is 7.27. The molecule has 0 aromatic heterocycles. The molecule has 0 aliphatic carbocycles. The van der Waals surface area contributed by atoms with Crippen molar-refractivity contribution < 1.29 is 13.7 Å². The van der Waals surface area contributed by atoms with Crippen molar-refractivity contribution in [3.05, 3.63) is 29.8 Å². The summed E-state index contributed by atoms with van der Waals surface area (Å²) in [6.07, 6.45) is 0. The third-order valence-electron chi connectivity index (χ3n) is 3.75. The Balaban J connectivity index is 2.09. The zero-order chi connectivity index (χ0) is 13.7. The maximum atomic E-state index is 12.8. The van der Waals surface area contributed by atoms with Gasteiger partial charge in [0.1, 0.15) is 6.61 Å². The van der Waals surface area contributed by atoms with Crippen LogP contribution < -0.4 is 0 Å². The number of nitrogens with zero attached hydrogens (tertiary/aromatic N) is 2. The first-order valence-electron chi connectivity index (χ1n) is 6.04. The summed E-state index contributed by atoms with van der Waals surface area (Å²) in [5.74, 6) is -0.532. The Morgan fingerprint density at radius 2 is 2.00 bits per heavy atom. The van der Waals surface area contributed by atoms with Crippen molar-refractivity contribution in [2.45, 2.75) is 23.6 Å². The number of aryl methyl sites for hydroxylation is 1. The van der Waals surface area contributed by atoms with Gasteiger partial charge in [-0.25, -0.2) is 4.79 Å². The van der Waals surface area contributed by atoms with Gasteiger partial charge in [0.15, 0.2) is 0 Å². The topological polar surface area (TPSA) is 68.1 Å². The summed E-state index contributed by atoms with van der Waals surface area (Å²) in [5.41, 5.74) is 0.461. The molecule has 0 amide bonds. The minimum atomic E-state index is -1.60. The fourth-order valence-electron chi connectivity index (χ4n) is 2.44. The highest BCUT2D eigenvalue weighted by molar-refractivity contribution is 7.87. The quantitative estimate of drug-likeness (QED) is 0.775. The number of hydrogen-bond donors (Lipinski definition) is 0. The van der Waals surface area contributed by atoms with Crippen molar-refractivity contribution in [2.24, 2.45) is 15.6 Å². The first-order chi connectivity index (χ1) is 8.99. The maximum absolute atomic E-state index is 12.8. The molecule has 1 fully saturated rings. The van der Waals surface area contributed by atoms with Crippen LogP contribution in [0.4, 0.5) is 0 Å². The van der Waals surface area contributed by atoms with Gasteiger partial charge in [0.2, 0.25) is 0 Å². The van der Waals surface area contributed by atoms with Gasteiger partial charge in [-0.2, -0.15) is 10.2 Å². The Labute approximate surface area is 113 Å². The molecule has 100 valence electrons. The standard InChI is InChI=1S/C13H14N2O3S/c1-9-3-5-10(6-4-9)19(17)13-11(16)18-8-12(13,2)7-14-15-13/h3-6H,7-8H2,1-2H3/t12-,13-,19+/m0/s1. The molecule has 1 aromatic carbocycles. The summed E-state index contributed by atoms with van der Waals surface area (Å²) in [4.78, 5) is 11.3. The van der Waals surface area contributed by atoms with E-state index in [1.807, 2.05) is 26.0 Å². The van der Waals surface area contributed by atoms with E-state index in [9.17, 15) is 9.00 Å². The van der Waals surface area contributed by atoms with E-state index in [1.54, 1.807) is 12.1 Å². The predicted molar refractivity (Wildman–Crippen MR) is 69.1 cm³/mol. The molecule has 3 rings (SSSR count). The summed E-state index contributed by atoms with van der Waals surface area (Å²) in [6.45, 7) is 4.39. The van der Waals surface area contributed by atoms with Crippen molar-refractivity contribution in [1.82, 2.24) is 0 Å². The highest BCUT2D eigenvalue weighted by Crippen LogP contribution is 2.49. The Morgan fingerprint density at radius 1 is 1.32 bits per heavy atom. The molecule has 2 aliphatic heterocycles. The van der Waals surface area contributed by atoms with E-state index in [4.69, 9.17) is 4.74 Å². The van der Waals surface area contributed by atoms with Gasteiger partial charge in [-0.05, 0) is 19.1 Å². The Kier molecular flexibility index (Phi) is 2.60. The first kappa shape index (κ1) is 12.5. The number of fused-ring (bicyclic) bond motifs is 1. The minimum Gasteiger partial charge on any atom is -0.462 e. The number of rotatable bonds is 2. The number of cyclic esters (lactones) is 1. The maximum Gasteiger partial charge on any atom is 0.350 e. The van der Waals surface area contributed by atoms with Gasteiger partial charge in [-0.3, -0.25) is 4.21 Å². The average molecular weight is 278 g/mol. The second-order valence-corrected chi connectivity index (χ2v) is 6.86. The lowest BCUT2D eigenvalue weighted by Gasteiger charge is -2.27. The summed E-state index contributed by atoms with van der Waals surface area (Å²) in [7, 11) is -1.60. The molecule has 0 unspecified atom stereocenters. The number of hydrogen-bond acceptors (Lipinski definition) is 5. The van der Waals surface area contributed by atoms with Crippen molar-refractivity contribution in [3.8, 4) is 0 Å². The first-order valence-corrected chi connectivity index (χ1v) is 7.19. The van der Waals surface area contributed by atoms with Crippen LogP contribution in [0, 0.1) is 12.3 Å². The zero-order valence-corrected chi connectivity index (χ0v) is 11.6. The molecule has 3 atom stereocenters. The van der Waals surface area contributed by atoms with Crippen molar-refractivity contribution in [2.75, 3.05) is 13.2 Å². The Hall–Kier alpha value is -1.56. The highest BCUT2D eigenvalue weighted by atomic mass is 32.2. The lowest BCUT2D eigenvalue weighted by molar-refractivity contribution is -0.140. The molecule has 19 heavy (non-hydrogen) atoms. The fraction of sp³-hybridized carbons (Fsp3) is 0.462. The zero-order valence-electron chi connectivity index (χ0n) is 10.8. The van der Waals surface area contributed by atoms with Crippen LogP contribution in [0.2, 0.25) is 0 Å². The number of carbonyl (C=O) groups excluding carboxylic acids is 1. The van der Waals surface area contributed by atoms with Crippen molar-refractivity contribution in [1.29, 1.82) is 0 Å². The molecule has 1 aromatic rings. The van der Waals surface area contributed by atoms with E-state index in [-0.39, 0.29) is 6.61 Å². The van der Waals surface area contributed by atoms with E-state index in [0.717, 1.165) is 5.56 Å².